The Labute approximate surface area is 149 Å². The van der Waals surface area contributed by atoms with Crippen molar-refractivity contribution in [1.29, 1.82) is 0 Å². The number of halogens is 1. The highest BCUT2D eigenvalue weighted by molar-refractivity contribution is 5.81. The summed E-state index contributed by atoms with van der Waals surface area (Å²) < 4.78 is 13.5. The van der Waals surface area contributed by atoms with Crippen molar-refractivity contribution in [2.24, 2.45) is 4.99 Å². The molecule has 3 N–H and O–H groups in total. The van der Waals surface area contributed by atoms with E-state index in [0.29, 0.717) is 32.0 Å². The van der Waals surface area contributed by atoms with Crippen LogP contribution >= 0.6 is 0 Å². The lowest BCUT2D eigenvalue weighted by Crippen LogP contribution is -2.40. The molecule has 1 amide bonds. The Hall–Kier alpha value is -2.11. The fraction of sp³-hybridized carbons (Fsp3) is 0.579. The number of rotatable bonds is 9. The van der Waals surface area contributed by atoms with Gasteiger partial charge in [0.2, 0.25) is 5.91 Å². The molecule has 0 saturated heterocycles. The fourth-order valence-electron chi connectivity index (χ4n) is 2.73. The number of nitrogens with zero attached hydrogens (tertiary/aromatic N) is 1. The molecule has 0 aliphatic heterocycles. The molecule has 1 fully saturated rings. The molecule has 1 aromatic carbocycles. The second-order valence-corrected chi connectivity index (χ2v) is 6.51. The maximum atomic E-state index is 13.5. The van der Waals surface area contributed by atoms with Gasteiger partial charge in [0.25, 0.3) is 0 Å². The average molecular weight is 348 g/mol. The Morgan fingerprint density at radius 1 is 1.20 bits per heavy atom. The molecule has 5 nitrogen and oxygen atoms in total. The number of hydrogen-bond donors (Lipinski definition) is 3. The summed E-state index contributed by atoms with van der Waals surface area (Å²) in [5.74, 6) is 0.549. The van der Waals surface area contributed by atoms with E-state index in [4.69, 9.17) is 0 Å². The maximum absolute atomic E-state index is 13.5. The normalized spacial score (nSPS) is 15.6. The number of guanidine groups is 1. The first-order chi connectivity index (χ1) is 12.1. The maximum Gasteiger partial charge on any atom is 0.221 e. The lowest BCUT2D eigenvalue weighted by Gasteiger charge is -2.16. The molecule has 0 bridgehead atoms. The predicted octanol–water partition coefficient (Wildman–Crippen LogP) is 2.33. The van der Waals surface area contributed by atoms with Crippen molar-refractivity contribution in [2.75, 3.05) is 26.2 Å². The molecule has 25 heavy (non-hydrogen) atoms. The van der Waals surface area contributed by atoms with E-state index >= 15 is 0 Å². The van der Waals surface area contributed by atoms with Crippen LogP contribution in [0.1, 0.15) is 45.1 Å². The first-order valence-electron chi connectivity index (χ1n) is 9.14. The largest absolute Gasteiger partial charge is 0.357 e. The molecule has 0 heterocycles. The van der Waals surface area contributed by atoms with Gasteiger partial charge in [0.15, 0.2) is 5.96 Å². The average Bonchev–Trinajstić information content (AvgIpc) is 3.39. The van der Waals surface area contributed by atoms with Crippen LogP contribution in [-0.2, 0) is 10.2 Å². The Balaban J connectivity index is 1.88. The summed E-state index contributed by atoms with van der Waals surface area (Å²) in [4.78, 5) is 16.3. The van der Waals surface area contributed by atoms with Gasteiger partial charge in [-0.3, -0.25) is 9.79 Å². The van der Waals surface area contributed by atoms with Gasteiger partial charge in [0, 0.05) is 31.5 Å². The molecular formula is C19H29FN4O. The molecule has 1 aliphatic carbocycles. The zero-order valence-corrected chi connectivity index (χ0v) is 15.2. The summed E-state index contributed by atoms with van der Waals surface area (Å²) in [7, 11) is 0. The van der Waals surface area contributed by atoms with Crippen molar-refractivity contribution in [3.63, 3.8) is 0 Å². The Kier molecular flexibility index (Phi) is 7.22. The molecule has 138 valence electrons. The Morgan fingerprint density at radius 3 is 2.64 bits per heavy atom. The Bertz CT molecular complexity index is 599. The van der Waals surface area contributed by atoms with Crippen LogP contribution in [0.5, 0.6) is 0 Å². The third kappa shape index (κ3) is 6.03. The van der Waals surface area contributed by atoms with E-state index in [1.165, 1.54) is 6.07 Å². The number of carbonyl (C=O) groups is 1. The first kappa shape index (κ1) is 19.2. The van der Waals surface area contributed by atoms with Gasteiger partial charge in [-0.1, -0.05) is 19.1 Å². The number of nitrogens with one attached hydrogen (secondary N) is 3. The van der Waals surface area contributed by atoms with Crippen LogP contribution in [-0.4, -0.2) is 38.0 Å². The van der Waals surface area contributed by atoms with E-state index in [2.05, 4.69) is 20.9 Å². The molecule has 0 atom stereocenters. The van der Waals surface area contributed by atoms with Crippen molar-refractivity contribution >= 4 is 11.9 Å². The Morgan fingerprint density at radius 2 is 2.00 bits per heavy atom. The highest BCUT2D eigenvalue weighted by Crippen LogP contribution is 2.48. The third-order valence-electron chi connectivity index (χ3n) is 4.39. The molecular weight excluding hydrogens is 319 g/mol. The van der Waals surface area contributed by atoms with E-state index in [0.717, 1.165) is 31.4 Å². The lowest BCUT2D eigenvalue weighted by molar-refractivity contribution is -0.120. The minimum atomic E-state index is -0.198. The number of hydrogen-bond acceptors (Lipinski definition) is 2. The zero-order valence-electron chi connectivity index (χ0n) is 15.2. The van der Waals surface area contributed by atoms with Crippen molar-refractivity contribution < 1.29 is 9.18 Å². The molecule has 2 rings (SSSR count). The van der Waals surface area contributed by atoms with Gasteiger partial charge < -0.3 is 16.0 Å². The van der Waals surface area contributed by atoms with Gasteiger partial charge >= 0.3 is 0 Å². The van der Waals surface area contributed by atoms with Crippen molar-refractivity contribution in [3.05, 3.63) is 35.6 Å². The molecule has 0 unspecified atom stereocenters. The summed E-state index contributed by atoms with van der Waals surface area (Å²) in [6.45, 7) is 6.65. The quantitative estimate of drug-likeness (QED) is 0.474. The molecule has 1 aliphatic rings. The van der Waals surface area contributed by atoms with Crippen molar-refractivity contribution in [1.82, 2.24) is 16.0 Å². The van der Waals surface area contributed by atoms with E-state index in [9.17, 15) is 9.18 Å². The van der Waals surface area contributed by atoms with Crippen LogP contribution in [0.25, 0.3) is 0 Å². The minimum absolute atomic E-state index is 0.0387. The second-order valence-electron chi connectivity index (χ2n) is 6.51. The second kappa shape index (κ2) is 9.39. The van der Waals surface area contributed by atoms with E-state index in [-0.39, 0.29) is 17.1 Å². The summed E-state index contributed by atoms with van der Waals surface area (Å²) in [6, 6.07) is 6.82. The van der Waals surface area contributed by atoms with E-state index in [1.54, 1.807) is 12.1 Å². The molecule has 0 aromatic heterocycles. The standard InChI is InChI=1S/C19H29FN4O/c1-3-11-22-17(25)8-12-23-18(21-4-2)24-14-19(9-10-19)15-6-5-7-16(20)13-15/h5-7,13H,3-4,8-12,14H2,1-2H3,(H,22,25)(H2,21,23,24). The van der Waals surface area contributed by atoms with Gasteiger partial charge in [0.05, 0.1) is 6.54 Å². The van der Waals surface area contributed by atoms with Crippen LogP contribution in [0.3, 0.4) is 0 Å². The van der Waals surface area contributed by atoms with Crippen LogP contribution < -0.4 is 16.0 Å². The van der Waals surface area contributed by atoms with Crippen LogP contribution in [0.2, 0.25) is 0 Å². The van der Waals surface area contributed by atoms with Crippen LogP contribution in [0.15, 0.2) is 29.3 Å². The topological polar surface area (TPSA) is 65.5 Å². The summed E-state index contributed by atoms with van der Waals surface area (Å²) >= 11 is 0. The molecule has 1 saturated carbocycles. The summed E-state index contributed by atoms with van der Waals surface area (Å²) in [5.41, 5.74) is 0.981. The number of amides is 1. The van der Waals surface area contributed by atoms with Gasteiger partial charge in [-0.2, -0.15) is 0 Å². The van der Waals surface area contributed by atoms with Gasteiger partial charge in [-0.15, -0.1) is 0 Å². The summed E-state index contributed by atoms with van der Waals surface area (Å²) in [6.07, 6.45) is 3.41. The number of aliphatic imine (C=N–C) groups is 1. The lowest BCUT2D eigenvalue weighted by atomic mass is 9.96. The smallest absolute Gasteiger partial charge is 0.221 e. The molecule has 0 radical (unpaired) electrons. The molecule has 6 heteroatoms. The van der Waals surface area contributed by atoms with Gasteiger partial charge in [-0.05, 0) is 43.9 Å². The SMILES string of the molecule is CCCNC(=O)CCNC(=NCC1(c2cccc(F)c2)CC1)NCC. The van der Waals surface area contributed by atoms with Crippen LogP contribution in [0, 0.1) is 5.82 Å². The van der Waals surface area contributed by atoms with E-state index < -0.39 is 0 Å². The highest BCUT2D eigenvalue weighted by atomic mass is 19.1. The van der Waals surface area contributed by atoms with E-state index in [1.807, 2.05) is 19.9 Å². The number of carbonyl (C=O) groups excluding carboxylic acids is 1. The zero-order chi connectivity index (χ0) is 18.1. The minimum Gasteiger partial charge on any atom is -0.357 e. The van der Waals surface area contributed by atoms with Crippen molar-refractivity contribution in [2.45, 2.75) is 44.9 Å². The van der Waals surface area contributed by atoms with Gasteiger partial charge in [-0.25, -0.2) is 4.39 Å². The van der Waals surface area contributed by atoms with Gasteiger partial charge in [0.1, 0.15) is 5.82 Å². The van der Waals surface area contributed by atoms with Crippen LogP contribution in [0.4, 0.5) is 4.39 Å². The first-order valence-corrected chi connectivity index (χ1v) is 9.14. The number of benzene rings is 1. The third-order valence-corrected chi connectivity index (χ3v) is 4.39. The molecule has 0 spiro atoms. The highest BCUT2D eigenvalue weighted by Gasteiger charge is 2.44. The summed E-state index contributed by atoms with van der Waals surface area (Å²) in [5, 5.41) is 9.25. The monoisotopic (exact) mass is 348 g/mol. The predicted molar refractivity (Wildman–Crippen MR) is 99.2 cm³/mol. The van der Waals surface area contributed by atoms with Crippen molar-refractivity contribution in [3.8, 4) is 0 Å². The molecule has 1 aromatic rings. The fourth-order valence-corrected chi connectivity index (χ4v) is 2.73.